The van der Waals surface area contributed by atoms with Gasteiger partial charge in [-0.25, -0.2) is 9.78 Å². The number of amides is 2. The van der Waals surface area contributed by atoms with E-state index in [1.807, 2.05) is 57.2 Å². The van der Waals surface area contributed by atoms with Gasteiger partial charge in [0.1, 0.15) is 5.60 Å². The summed E-state index contributed by atoms with van der Waals surface area (Å²) in [4.78, 5) is 31.0. The second-order valence-corrected chi connectivity index (χ2v) is 8.70. The first kappa shape index (κ1) is 18.4. The maximum absolute atomic E-state index is 12.6. The molecule has 1 aliphatic rings. The Morgan fingerprint density at radius 1 is 1.18 bits per heavy atom. The highest BCUT2D eigenvalue weighted by atomic mass is 32.1. The van der Waals surface area contributed by atoms with E-state index >= 15 is 0 Å². The number of anilines is 2. The van der Waals surface area contributed by atoms with Crippen LogP contribution in [0.5, 0.6) is 0 Å². The number of nitrogens with one attached hydrogen (secondary N) is 1. The lowest BCUT2D eigenvalue weighted by Crippen LogP contribution is -2.35. The van der Waals surface area contributed by atoms with Crippen molar-refractivity contribution in [2.45, 2.75) is 32.8 Å². The summed E-state index contributed by atoms with van der Waals surface area (Å²) in [7, 11) is 0. The number of para-hydroxylation sites is 1. The van der Waals surface area contributed by atoms with Crippen molar-refractivity contribution in [1.82, 2.24) is 4.98 Å². The maximum Gasteiger partial charge on any atom is 0.414 e. The molecule has 0 atom stereocenters. The number of carbonyl (C=O) groups is 2. The summed E-state index contributed by atoms with van der Waals surface area (Å²) in [6, 6.07) is 13.2. The lowest BCUT2D eigenvalue weighted by atomic mass is 10.1. The van der Waals surface area contributed by atoms with Gasteiger partial charge in [-0.1, -0.05) is 12.1 Å². The average Bonchev–Trinajstić information content (AvgIpc) is 3.24. The van der Waals surface area contributed by atoms with E-state index in [4.69, 9.17) is 4.74 Å². The summed E-state index contributed by atoms with van der Waals surface area (Å²) in [6.45, 7) is 6.12. The molecule has 1 N–H and O–H groups in total. The number of fused-ring (bicyclic) bond motifs is 2. The summed E-state index contributed by atoms with van der Waals surface area (Å²) in [5.74, 6) is -0.233. The third-order valence-electron chi connectivity index (χ3n) is 4.33. The molecule has 7 heteroatoms. The zero-order valence-electron chi connectivity index (χ0n) is 16.0. The van der Waals surface area contributed by atoms with Crippen LogP contribution in [0, 0.1) is 0 Å². The third-order valence-corrected chi connectivity index (χ3v) is 5.37. The number of ether oxygens (including phenoxy) is 1. The van der Waals surface area contributed by atoms with Gasteiger partial charge in [0.15, 0.2) is 5.01 Å². The van der Waals surface area contributed by atoms with Crippen LogP contribution < -0.4 is 10.2 Å². The Morgan fingerprint density at radius 2 is 1.96 bits per heavy atom. The Hall–Kier alpha value is -2.93. The Bertz CT molecular complexity index is 1040. The van der Waals surface area contributed by atoms with Crippen LogP contribution in [0.15, 0.2) is 42.5 Å². The van der Waals surface area contributed by atoms with Crippen molar-refractivity contribution in [2.24, 2.45) is 0 Å². The minimum atomic E-state index is -0.537. The first-order valence-corrected chi connectivity index (χ1v) is 9.92. The van der Waals surface area contributed by atoms with Gasteiger partial charge in [-0.05, 0) is 63.1 Å². The van der Waals surface area contributed by atoms with Gasteiger partial charge in [-0.3, -0.25) is 9.69 Å². The SMILES string of the molecule is CC(C)(C)OC(=O)N1CCc2cc(NC(=O)c3nc4ccccc4s3)ccc21. The quantitative estimate of drug-likeness (QED) is 0.673. The van der Waals surface area contributed by atoms with E-state index in [9.17, 15) is 9.59 Å². The molecule has 1 aliphatic heterocycles. The monoisotopic (exact) mass is 395 g/mol. The van der Waals surface area contributed by atoms with Crippen LogP contribution in [0.1, 0.15) is 36.1 Å². The van der Waals surface area contributed by atoms with E-state index in [0.717, 1.165) is 27.9 Å². The van der Waals surface area contributed by atoms with Crippen molar-refractivity contribution >= 4 is 44.9 Å². The van der Waals surface area contributed by atoms with E-state index < -0.39 is 5.60 Å². The van der Waals surface area contributed by atoms with Gasteiger partial charge in [0, 0.05) is 12.2 Å². The molecule has 0 bridgehead atoms. The van der Waals surface area contributed by atoms with Crippen molar-refractivity contribution in [3.05, 3.63) is 53.0 Å². The lowest BCUT2D eigenvalue weighted by Gasteiger charge is -2.24. The first-order chi connectivity index (χ1) is 13.3. The van der Waals surface area contributed by atoms with E-state index in [1.165, 1.54) is 11.3 Å². The largest absolute Gasteiger partial charge is 0.443 e. The lowest BCUT2D eigenvalue weighted by molar-refractivity contribution is 0.0584. The van der Waals surface area contributed by atoms with Gasteiger partial charge in [0.25, 0.3) is 5.91 Å². The minimum Gasteiger partial charge on any atom is -0.443 e. The summed E-state index contributed by atoms with van der Waals surface area (Å²) in [6.07, 6.45) is 0.372. The summed E-state index contributed by atoms with van der Waals surface area (Å²) >= 11 is 1.37. The van der Waals surface area contributed by atoms with E-state index in [0.29, 0.717) is 17.2 Å². The maximum atomic E-state index is 12.6. The topological polar surface area (TPSA) is 71.5 Å². The van der Waals surface area contributed by atoms with Crippen molar-refractivity contribution in [2.75, 3.05) is 16.8 Å². The molecule has 3 aromatic rings. The molecule has 0 radical (unpaired) electrons. The van der Waals surface area contributed by atoms with Crippen LogP contribution in [0.2, 0.25) is 0 Å². The molecule has 0 fully saturated rings. The number of rotatable bonds is 2. The van der Waals surface area contributed by atoms with Gasteiger partial charge in [0.2, 0.25) is 0 Å². The van der Waals surface area contributed by atoms with Gasteiger partial charge >= 0.3 is 6.09 Å². The van der Waals surface area contributed by atoms with Crippen molar-refractivity contribution in [1.29, 1.82) is 0 Å². The van der Waals surface area contributed by atoms with Crippen LogP contribution >= 0.6 is 11.3 Å². The molecule has 1 aromatic heterocycles. The van der Waals surface area contributed by atoms with E-state index in [2.05, 4.69) is 10.3 Å². The van der Waals surface area contributed by atoms with Gasteiger partial charge in [-0.2, -0.15) is 0 Å². The molecule has 0 spiro atoms. The minimum absolute atomic E-state index is 0.233. The molecule has 28 heavy (non-hydrogen) atoms. The van der Waals surface area contributed by atoms with Crippen LogP contribution in [-0.2, 0) is 11.2 Å². The zero-order chi connectivity index (χ0) is 19.9. The predicted molar refractivity (Wildman–Crippen MR) is 111 cm³/mol. The second-order valence-electron chi connectivity index (χ2n) is 7.67. The van der Waals surface area contributed by atoms with Crippen LogP contribution in [0.25, 0.3) is 10.2 Å². The average molecular weight is 395 g/mol. The summed E-state index contributed by atoms with van der Waals surface area (Å²) < 4.78 is 6.45. The standard InChI is InChI=1S/C21H21N3O3S/c1-21(2,3)27-20(26)24-11-10-13-12-14(8-9-16(13)24)22-18(25)19-23-15-6-4-5-7-17(15)28-19/h4-9,12H,10-11H2,1-3H3,(H,22,25). The zero-order valence-corrected chi connectivity index (χ0v) is 16.8. The number of hydrogen-bond acceptors (Lipinski definition) is 5. The van der Waals surface area contributed by atoms with Crippen molar-refractivity contribution < 1.29 is 14.3 Å². The van der Waals surface area contributed by atoms with Crippen LogP contribution in [0.3, 0.4) is 0 Å². The highest BCUT2D eigenvalue weighted by molar-refractivity contribution is 7.20. The molecule has 2 heterocycles. The molecule has 144 valence electrons. The molecule has 2 aromatic carbocycles. The fraction of sp³-hybridized carbons (Fsp3) is 0.286. The number of benzene rings is 2. The number of hydrogen-bond donors (Lipinski definition) is 1. The Kier molecular flexibility index (Phi) is 4.55. The normalized spacial score (nSPS) is 13.5. The summed E-state index contributed by atoms with van der Waals surface area (Å²) in [5.41, 5.74) is 2.80. The summed E-state index contributed by atoms with van der Waals surface area (Å²) in [5, 5.41) is 3.33. The van der Waals surface area contributed by atoms with Gasteiger partial charge in [-0.15, -0.1) is 11.3 Å². The van der Waals surface area contributed by atoms with Gasteiger partial charge < -0.3 is 10.1 Å². The number of aromatic nitrogens is 1. The second kappa shape index (κ2) is 6.91. The van der Waals surface area contributed by atoms with Gasteiger partial charge in [0.05, 0.1) is 15.9 Å². The van der Waals surface area contributed by atoms with Crippen molar-refractivity contribution in [3.63, 3.8) is 0 Å². The third kappa shape index (κ3) is 3.71. The molecule has 4 rings (SSSR count). The molecule has 0 aliphatic carbocycles. The fourth-order valence-electron chi connectivity index (χ4n) is 3.14. The molecular weight excluding hydrogens is 374 g/mol. The molecule has 0 unspecified atom stereocenters. The Labute approximate surface area is 167 Å². The number of nitrogens with zero attached hydrogens (tertiary/aromatic N) is 2. The van der Waals surface area contributed by atoms with E-state index in [-0.39, 0.29) is 12.0 Å². The molecule has 6 nitrogen and oxygen atoms in total. The highest BCUT2D eigenvalue weighted by Gasteiger charge is 2.29. The van der Waals surface area contributed by atoms with E-state index in [1.54, 1.807) is 11.0 Å². The number of carbonyl (C=O) groups excluding carboxylic acids is 2. The highest BCUT2D eigenvalue weighted by Crippen LogP contribution is 2.32. The van der Waals surface area contributed by atoms with Crippen LogP contribution in [0.4, 0.5) is 16.2 Å². The molecule has 2 amide bonds. The smallest absolute Gasteiger partial charge is 0.414 e. The molecule has 0 saturated heterocycles. The Morgan fingerprint density at radius 3 is 2.71 bits per heavy atom. The van der Waals surface area contributed by atoms with Crippen LogP contribution in [-0.4, -0.2) is 29.1 Å². The predicted octanol–water partition coefficient (Wildman–Crippen LogP) is 4.85. The molecule has 0 saturated carbocycles. The Balaban J connectivity index is 1.50. The van der Waals surface area contributed by atoms with Crippen molar-refractivity contribution in [3.8, 4) is 0 Å². The number of thiazole rings is 1. The molecular formula is C21H21N3O3S. The first-order valence-electron chi connectivity index (χ1n) is 9.10. The fourth-order valence-corrected chi connectivity index (χ4v) is 4.00.